The van der Waals surface area contributed by atoms with Crippen LogP contribution in [0.15, 0.2) is 12.1 Å². The standard InChI is InChI=1S/C12H15ClN2O3S/c13-10-2-1-9(19-10)8-14-3-5-15(6-4-14)11(16)7-12(17)18/h1-2H,3-8H2,(H,17,18). The number of carbonyl (C=O) groups is 2. The summed E-state index contributed by atoms with van der Waals surface area (Å²) >= 11 is 7.45. The number of amides is 1. The minimum Gasteiger partial charge on any atom is -0.481 e. The Morgan fingerprint density at radius 2 is 1.95 bits per heavy atom. The molecular weight excluding hydrogens is 288 g/mol. The van der Waals surface area contributed by atoms with Crippen molar-refractivity contribution in [2.75, 3.05) is 26.2 Å². The summed E-state index contributed by atoms with van der Waals surface area (Å²) in [5.41, 5.74) is 0. The maximum absolute atomic E-state index is 11.6. The molecule has 0 bridgehead atoms. The molecule has 0 unspecified atom stereocenters. The highest BCUT2D eigenvalue weighted by Gasteiger charge is 2.22. The van der Waals surface area contributed by atoms with Crippen molar-refractivity contribution in [3.8, 4) is 0 Å². The first-order chi connectivity index (χ1) is 9.04. The fourth-order valence-corrected chi connectivity index (χ4v) is 3.18. The van der Waals surface area contributed by atoms with Gasteiger partial charge in [-0.2, -0.15) is 0 Å². The van der Waals surface area contributed by atoms with Crippen molar-refractivity contribution in [1.29, 1.82) is 0 Å². The zero-order valence-electron chi connectivity index (χ0n) is 10.3. The maximum atomic E-state index is 11.6. The van der Waals surface area contributed by atoms with Crippen LogP contribution < -0.4 is 0 Å². The average Bonchev–Trinajstić information content (AvgIpc) is 2.75. The van der Waals surface area contributed by atoms with Crippen LogP contribution in [0.4, 0.5) is 0 Å². The lowest BCUT2D eigenvalue weighted by atomic mass is 10.2. The zero-order chi connectivity index (χ0) is 13.8. The third kappa shape index (κ3) is 4.19. The molecule has 1 N–H and O–H groups in total. The Labute approximate surface area is 120 Å². The molecule has 1 aromatic rings. The molecule has 1 aliphatic heterocycles. The van der Waals surface area contributed by atoms with Crippen molar-refractivity contribution < 1.29 is 14.7 Å². The van der Waals surface area contributed by atoms with Gasteiger partial charge in [0.15, 0.2) is 0 Å². The van der Waals surface area contributed by atoms with Crippen molar-refractivity contribution in [2.24, 2.45) is 0 Å². The van der Waals surface area contributed by atoms with E-state index in [4.69, 9.17) is 16.7 Å². The molecule has 1 fully saturated rings. The summed E-state index contributed by atoms with van der Waals surface area (Å²) in [5.74, 6) is -1.37. The van der Waals surface area contributed by atoms with Crippen LogP contribution in [0.25, 0.3) is 0 Å². The lowest BCUT2D eigenvalue weighted by molar-refractivity contribution is -0.145. The summed E-state index contributed by atoms with van der Waals surface area (Å²) in [4.78, 5) is 27.1. The quantitative estimate of drug-likeness (QED) is 0.857. The van der Waals surface area contributed by atoms with Gasteiger partial charge in [0.2, 0.25) is 5.91 Å². The average molecular weight is 303 g/mol. The number of carbonyl (C=O) groups excluding carboxylic acids is 1. The van der Waals surface area contributed by atoms with Gasteiger partial charge in [-0.05, 0) is 12.1 Å². The fourth-order valence-electron chi connectivity index (χ4n) is 2.05. The molecule has 0 atom stereocenters. The number of halogens is 1. The van der Waals surface area contributed by atoms with Crippen molar-refractivity contribution in [3.05, 3.63) is 21.3 Å². The lowest BCUT2D eigenvalue weighted by Gasteiger charge is -2.34. The summed E-state index contributed by atoms with van der Waals surface area (Å²) in [5, 5.41) is 8.59. The molecule has 2 rings (SSSR count). The van der Waals surface area contributed by atoms with E-state index in [1.165, 1.54) is 4.88 Å². The normalized spacial score (nSPS) is 16.6. The number of hydrogen-bond acceptors (Lipinski definition) is 4. The summed E-state index contributed by atoms with van der Waals surface area (Å²) in [6.07, 6.45) is -0.416. The highest BCUT2D eigenvalue weighted by Crippen LogP contribution is 2.23. The number of piperazine rings is 1. The van der Waals surface area contributed by atoms with Gasteiger partial charge in [0.25, 0.3) is 0 Å². The highest BCUT2D eigenvalue weighted by molar-refractivity contribution is 7.16. The Morgan fingerprint density at radius 1 is 1.26 bits per heavy atom. The first kappa shape index (κ1) is 14.3. The Morgan fingerprint density at radius 3 is 2.47 bits per heavy atom. The Hall–Kier alpha value is -1.11. The highest BCUT2D eigenvalue weighted by atomic mass is 35.5. The third-order valence-electron chi connectivity index (χ3n) is 3.04. The predicted octanol–water partition coefficient (Wildman–Crippen LogP) is 1.52. The van der Waals surface area contributed by atoms with E-state index in [0.29, 0.717) is 13.1 Å². The van der Waals surface area contributed by atoms with Crippen LogP contribution in [-0.4, -0.2) is 53.0 Å². The molecule has 1 aliphatic rings. The van der Waals surface area contributed by atoms with E-state index in [0.717, 1.165) is 24.0 Å². The minimum atomic E-state index is -1.07. The van der Waals surface area contributed by atoms with Gasteiger partial charge >= 0.3 is 5.97 Å². The second-order valence-corrected chi connectivity index (χ2v) is 6.23. The van der Waals surface area contributed by atoms with E-state index in [1.54, 1.807) is 16.2 Å². The topological polar surface area (TPSA) is 60.9 Å². The van der Waals surface area contributed by atoms with E-state index >= 15 is 0 Å². The summed E-state index contributed by atoms with van der Waals surface area (Å²) < 4.78 is 0.783. The molecule has 7 heteroatoms. The number of hydrogen-bond donors (Lipinski definition) is 1. The molecule has 1 aromatic heterocycles. The first-order valence-electron chi connectivity index (χ1n) is 6.01. The number of thiophene rings is 1. The lowest BCUT2D eigenvalue weighted by Crippen LogP contribution is -2.48. The summed E-state index contributed by atoms with van der Waals surface area (Å²) in [6, 6.07) is 3.89. The van der Waals surface area contributed by atoms with E-state index in [2.05, 4.69) is 4.90 Å². The molecule has 19 heavy (non-hydrogen) atoms. The van der Waals surface area contributed by atoms with E-state index in [1.807, 2.05) is 12.1 Å². The molecule has 5 nitrogen and oxygen atoms in total. The van der Waals surface area contributed by atoms with Gasteiger partial charge in [0, 0.05) is 37.6 Å². The third-order valence-corrected chi connectivity index (χ3v) is 4.25. The molecule has 0 spiro atoms. The fraction of sp³-hybridized carbons (Fsp3) is 0.500. The van der Waals surface area contributed by atoms with Gasteiger partial charge in [-0.25, -0.2) is 0 Å². The first-order valence-corrected chi connectivity index (χ1v) is 7.20. The molecule has 0 saturated carbocycles. The Balaban J connectivity index is 1.79. The molecule has 0 aromatic carbocycles. The second kappa shape index (κ2) is 6.36. The van der Waals surface area contributed by atoms with Crippen LogP contribution in [0.3, 0.4) is 0 Å². The molecule has 1 amide bonds. The van der Waals surface area contributed by atoms with Crippen LogP contribution in [0.5, 0.6) is 0 Å². The number of carboxylic acids is 1. The molecular formula is C12H15ClN2O3S. The van der Waals surface area contributed by atoms with Crippen molar-refractivity contribution >= 4 is 34.8 Å². The SMILES string of the molecule is O=C(O)CC(=O)N1CCN(Cc2ccc(Cl)s2)CC1. The summed E-state index contributed by atoms with van der Waals surface area (Å²) in [6.45, 7) is 3.54. The molecule has 104 valence electrons. The van der Waals surface area contributed by atoms with Gasteiger partial charge in [-0.3, -0.25) is 14.5 Å². The molecule has 0 aliphatic carbocycles. The van der Waals surface area contributed by atoms with E-state index in [-0.39, 0.29) is 5.91 Å². The van der Waals surface area contributed by atoms with Crippen LogP contribution in [0.2, 0.25) is 4.34 Å². The number of carboxylic acid groups (broad SMARTS) is 1. The number of aliphatic carboxylic acids is 1. The number of nitrogens with zero attached hydrogens (tertiary/aromatic N) is 2. The van der Waals surface area contributed by atoms with Crippen LogP contribution >= 0.6 is 22.9 Å². The molecule has 1 saturated heterocycles. The van der Waals surface area contributed by atoms with Gasteiger partial charge < -0.3 is 10.0 Å². The van der Waals surface area contributed by atoms with Gasteiger partial charge in [0.05, 0.1) is 4.34 Å². The molecule has 0 radical (unpaired) electrons. The van der Waals surface area contributed by atoms with E-state index in [9.17, 15) is 9.59 Å². The van der Waals surface area contributed by atoms with Crippen molar-refractivity contribution in [1.82, 2.24) is 9.80 Å². The summed E-state index contributed by atoms with van der Waals surface area (Å²) in [7, 11) is 0. The van der Waals surface area contributed by atoms with E-state index < -0.39 is 12.4 Å². The van der Waals surface area contributed by atoms with Crippen LogP contribution in [-0.2, 0) is 16.1 Å². The van der Waals surface area contributed by atoms with Gasteiger partial charge in [-0.1, -0.05) is 11.6 Å². The van der Waals surface area contributed by atoms with Crippen LogP contribution in [0, 0.1) is 0 Å². The van der Waals surface area contributed by atoms with Crippen LogP contribution in [0.1, 0.15) is 11.3 Å². The van der Waals surface area contributed by atoms with Gasteiger partial charge in [0.1, 0.15) is 6.42 Å². The maximum Gasteiger partial charge on any atom is 0.312 e. The Kier molecular flexibility index (Phi) is 4.79. The van der Waals surface area contributed by atoms with Gasteiger partial charge in [-0.15, -0.1) is 11.3 Å². The largest absolute Gasteiger partial charge is 0.481 e. The monoisotopic (exact) mass is 302 g/mol. The van der Waals surface area contributed by atoms with Crippen molar-refractivity contribution in [2.45, 2.75) is 13.0 Å². The Bertz CT molecular complexity index is 469. The molecule has 2 heterocycles. The minimum absolute atomic E-state index is 0.300. The predicted molar refractivity (Wildman–Crippen MR) is 73.4 cm³/mol. The van der Waals surface area contributed by atoms with Crippen molar-refractivity contribution in [3.63, 3.8) is 0 Å². The smallest absolute Gasteiger partial charge is 0.312 e. The zero-order valence-corrected chi connectivity index (χ0v) is 11.9. The second-order valence-electron chi connectivity index (χ2n) is 4.43. The number of rotatable bonds is 4.